The summed E-state index contributed by atoms with van der Waals surface area (Å²) < 4.78 is 7.27. The van der Waals surface area contributed by atoms with Gasteiger partial charge in [-0.2, -0.15) is 5.10 Å². The molecule has 0 aliphatic carbocycles. The van der Waals surface area contributed by atoms with Crippen molar-refractivity contribution >= 4 is 17.5 Å². The number of anilines is 1. The van der Waals surface area contributed by atoms with Crippen LogP contribution in [0.1, 0.15) is 23.2 Å². The quantitative estimate of drug-likeness (QED) is 0.690. The van der Waals surface area contributed by atoms with E-state index in [0.717, 1.165) is 11.4 Å². The molecule has 0 saturated heterocycles. The number of amides is 2. The van der Waals surface area contributed by atoms with Gasteiger partial charge in [0.1, 0.15) is 11.8 Å². The molecule has 0 saturated carbocycles. The molecule has 7 nitrogen and oxygen atoms in total. The van der Waals surface area contributed by atoms with Crippen molar-refractivity contribution in [1.82, 2.24) is 15.1 Å². The fraction of sp³-hybridized carbons (Fsp3) is 0.211. The number of hydrogen-bond acceptors (Lipinski definition) is 4. The molecule has 134 valence electrons. The number of aromatic nitrogens is 2. The second kappa shape index (κ2) is 7.69. The third kappa shape index (κ3) is 4.00. The van der Waals surface area contributed by atoms with Crippen molar-refractivity contribution in [3.8, 4) is 0 Å². The van der Waals surface area contributed by atoms with E-state index >= 15 is 0 Å². The molecule has 0 radical (unpaired) electrons. The lowest BCUT2D eigenvalue weighted by molar-refractivity contribution is -0.136. The third-order valence-corrected chi connectivity index (χ3v) is 3.91. The number of furan rings is 1. The molecular formula is C19H20N4O3. The lowest BCUT2D eigenvalue weighted by Crippen LogP contribution is -2.39. The molecule has 0 bridgehead atoms. The SMILES string of the molecule is Cc1cc(C)n(C(CNC(=O)C(=O)Nc2ccccc2)c2ccco2)n1. The number of para-hydroxylation sites is 1. The standard InChI is InChI=1S/C19H20N4O3/c1-13-11-14(2)23(22-13)16(17-9-6-10-26-17)12-20-18(24)19(25)21-15-7-4-3-5-8-15/h3-11,16H,12H2,1-2H3,(H,20,24)(H,21,25). The van der Waals surface area contributed by atoms with Crippen LogP contribution in [0, 0.1) is 13.8 Å². The van der Waals surface area contributed by atoms with Gasteiger partial charge in [0.25, 0.3) is 0 Å². The Labute approximate surface area is 151 Å². The summed E-state index contributed by atoms with van der Waals surface area (Å²) in [4.78, 5) is 24.2. The van der Waals surface area contributed by atoms with E-state index < -0.39 is 11.8 Å². The van der Waals surface area contributed by atoms with Crippen LogP contribution in [0.4, 0.5) is 5.69 Å². The van der Waals surface area contributed by atoms with Crippen molar-refractivity contribution in [1.29, 1.82) is 0 Å². The maximum atomic E-state index is 12.2. The average molecular weight is 352 g/mol. The van der Waals surface area contributed by atoms with E-state index in [-0.39, 0.29) is 12.6 Å². The van der Waals surface area contributed by atoms with Gasteiger partial charge in [-0.1, -0.05) is 18.2 Å². The Morgan fingerprint density at radius 1 is 1.12 bits per heavy atom. The number of nitrogens with zero attached hydrogens (tertiary/aromatic N) is 2. The first-order valence-electron chi connectivity index (χ1n) is 8.25. The summed E-state index contributed by atoms with van der Waals surface area (Å²) in [7, 11) is 0. The van der Waals surface area contributed by atoms with Crippen LogP contribution in [0.15, 0.2) is 59.2 Å². The maximum absolute atomic E-state index is 12.2. The van der Waals surface area contributed by atoms with Crippen molar-refractivity contribution in [3.63, 3.8) is 0 Å². The molecule has 3 aromatic rings. The van der Waals surface area contributed by atoms with E-state index in [0.29, 0.717) is 11.4 Å². The summed E-state index contributed by atoms with van der Waals surface area (Å²) >= 11 is 0. The molecule has 0 fully saturated rings. The number of nitrogens with one attached hydrogen (secondary N) is 2. The molecule has 0 spiro atoms. The third-order valence-electron chi connectivity index (χ3n) is 3.91. The molecule has 2 aromatic heterocycles. The van der Waals surface area contributed by atoms with Crippen molar-refractivity contribution in [3.05, 3.63) is 71.9 Å². The predicted octanol–water partition coefficient (Wildman–Crippen LogP) is 2.44. The van der Waals surface area contributed by atoms with Crippen LogP contribution in [0.5, 0.6) is 0 Å². The first kappa shape index (κ1) is 17.5. The first-order valence-corrected chi connectivity index (χ1v) is 8.25. The van der Waals surface area contributed by atoms with Crippen LogP contribution in [0.2, 0.25) is 0 Å². The summed E-state index contributed by atoms with van der Waals surface area (Å²) in [5.74, 6) is -0.783. The van der Waals surface area contributed by atoms with Gasteiger partial charge in [0.2, 0.25) is 0 Å². The van der Waals surface area contributed by atoms with Gasteiger partial charge in [0.05, 0.1) is 12.0 Å². The van der Waals surface area contributed by atoms with Crippen molar-refractivity contribution in [2.75, 3.05) is 11.9 Å². The normalized spacial score (nSPS) is 11.8. The highest BCUT2D eigenvalue weighted by Gasteiger charge is 2.22. The van der Waals surface area contributed by atoms with Gasteiger partial charge >= 0.3 is 11.8 Å². The van der Waals surface area contributed by atoms with Crippen LogP contribution in [-0.2, 0) is 9.59 Å². The van der Waals surface area contributed by atoms with Gasteiger partial charge in [0, 0.05) is 17.9 Å². The van der Waals surface area contributed by atoms with Crippen LogP contribution in [0.3, 0.4) is 0 Å². The van der Waals surface area contributed by atoms with Crippen LogP contribution in [-0.4, -0.2) is 28.1 Å². The van der Waals surface area contributed by atoms with E-state index in [9.17, 15) is 9.59 Å². The minimum atomic E-state index is -0.720. The maximum Gasteiger partial charge on any atom is 0.313 e. The zero-order chi connectivity index (χ0) is 18.5. The minimum Gasteiger partial charge on any atom is -0.467 e. The Balaban J connectivity index is 1.69. The molecule has 26 heavy (non-hydrogen) atoms. The Morgan fingerprint density at radius 3 is 2.50 bits per heavy atom. The zero-order valence-corrected chi connectivity index (χ0v) is 14.6. The van der Waals surface area contributed by atoms with Gasteiger partial charge < -0.3 is 15.1 Å². The second-order valence-electron chi connectivity index (χ2n) is 5.93. The number of carbonyl (C=O) groups is 2. The van der Waals surface area contributed by atoms with Crippen molar-refractivity contribution in [2.24, 2.45) is 0 Å². The summed E-state index contributed by atoms with van der Waals surface area (Å²) in [6.07, 6.45) is 1.57. The topological polar surface area (TPSA) is 89.2 Å². The molecule has 3 rings (SSSR count). The lowest BCUT2D eigenvalue weighted by Gasteiger charge is -2.18. The highest BCUT2D eigenvalue weighted by molar-refractivity contribution is 6.39. The van der Waals surface area contributed by atoms with E-state index in [1.54, 1.807) is 41.3 Å². The molecule has 2 N–H and O–H groups in total. The van der Waals surface area contributed by atoms with E-state index in [4.69, 9.17) is 4.42 Å². The summed E-state index contributed by atoms with van der Waals surface area (Å²) in [6, 6.07) is 14.0. The molecule has 0 aliphatic rings. The number of carbonyl (C=O) groups excluding carboxylic acids is 2. The number of aryl methyl sites for hydroxylation is 2. The van der Waals surface area contributed by atoms with Gasteiger partial charge in [-0.05, 0) is 44.2 Å². The Morgan fingerprint density at radius 2 is 1.88 bits per heavy atom. The lowest BCUT2D eigenvalue weighted by atomic mass is 10.2. The Bertz CT molecular complexity index is 885. The summed E-state index contributed by atoms with van der Waals surface area (Å²) in [5, 5.41) is 9.67. The Hall–Kier alpha value is -3.35. The van der Waals surface area contributed by atoms with Gasteiger partial charge in [-0.15, -0.1) is 0 Å². The highest BCUT2D eigenvalue weighted by atomic mass is 16.3. The van der Waals surface area contributed by atoms with E-state index in [2.05, 4.69) is 15.7 Å². The average Bonchev–Trinajstić information content (AvgIpc) is 3.26. The van der Waals surface area contributed by atoms with E-state index in [1.807, 2.05) is 32.0 Å². The first-order chi connectivity index (χ1) is 12.5. The minimum absolute atomic E-state index is 0.177. The fourth-order valence-electron chi connectivity index (χ4n) is 2.73. The van der Waals surface area contributed by atoms with Crippen LogP contribution in [0.25, 0.3) is 0 Å². The molecule has 7 heteroatoms. The number of benzene rings is 1. The molecular weight excluding hydrogens is 332 g/mol. The molecule has 2 amide bonds. The Kier molecular flexibility index (Phi) is 5.17. The van der Waals surface area contributed by atoms with Crippen molar-refractivity contribution < 1.29 is 14.0 Å². The highest BCUT2D eigenvalue weighted by Crippen LogP contribution is 2.20. The monoisotopic (exact) mass is 352 g/mol. The summed E-state index contributed by atoms with van der Waals surface area (Å²) in [6.45, 7) is 4.00. The largest absolute Gasteiger partial charge is 0.467 e. The number of rotatable bonds is 5. The van der Waals surface area contributed by atoms with Gasteiger partial charge in [0.15, 0.2) is 0 Å². The fourth-order valence-corrected chi connectivity index (χ4v) is 2.73. The van der Waals surface area contributed by atoms with Crippen molar-refractivity contribution in [2.45, 2.75) is 19.9 Å². The molecule has 1 unspecified atom stereocenters. The van der Waals surface area contributed by atoms with E-state index in [1.165, 1.54) is 0 Å². The second-order valence-corrected chi connectivity index (χ2v) is 5.93. The van der Waals surface area contributed by atoms with Crippen LogP contribution < -0.4 is 10.6 Å². The number of hydrogen-bond donors (Lipinski definition) is 2. The zero-order valence-electron chi connectivity index (χ0n) is 14.6. The molecule has 2 heterocycles. The van der Waals surface area contributed by atoms with Gasteiger partial charge in [-0.3, -0.25) is 14.3 Å². The molecule has 1 aromatic carbocycles. The van der Waals surface area contributed by atoms with Crippen LogP contribution >= 0.6 is 0 Å². The molecule has 1 atom stereocenters. The van der Waals surface area contributed by atoms with Gasteiger partial charge in [-0.25, -0.2) is 0 Å². The predicted molar refractivity (Wildman–Crippen MR) is 96.6 cm³/mol. The smallest absolute Gasteiger partial charge is 0.313 e. The summed E-state index contributed by atoms with van der Waals surface area (Å²) in [5.41, 5.74) is 2.37. The molecule has 0 aliphatic heterocycles.